The molecule has 4 aliphatic heterocycles. The third-order valence-electron chi connectivity index (χ3n) is 9.19. The van der Waals surface area contributed by atoms with Gasteiger partial charge in [0.25, 0.3) is 0 Å². The normalized spacial score (nSPS) is 27.6. The summed E-state index contributed by atoms with van der Waals surface area (Å²) < 4.78 is 21.2. The van der Waals surface area contributed by atoms with Crippen LogP contribution in [0.1, 0.15) is 61.4 Å². The van der Waals surface area contributed by atoms with E-state index in [1.54, 1.807) is 12.1 Å². The number of likely N-dealkylation sites (N-methyl/N-ethyl adjacent to an activating group) is 1. The minimum Gasteiger partial charge on any atom is -0.462 e. The van der Waals surface area contributed by atoms with Gasteiger partial charge in [-0.15, -0.1) is 0 Å². The maximum Gasteiger partial charge on any atom is 0.316 e. The number of fused-ring (bicyclic) bond motifs is 4. The first-order chi connectivity index (χ1) is 18.1. The number of anilines is 1. The van der Waals surface area contributed by atoms with E-state index in [0.29, 0.717) is 48.6 Å². The highest BCUT2D eigenvalue weighted by atomic mass is 19.1. The van der Waals surface area contributed by atoms with Crippen molar-refractivity contribution in [3.05, 3.63) is 59.2 Å². The van der Waals surface area contributed by atoms with Crippen molar-refractivity contribution in [1.29, 1.82) is 0 Å². The fourth-order valence-corrected chi connectivity index (χ4v) is 7.22. The summed E-state index contributed by atoms with van der Waals surface area (Å²) >= 11 is 0. The fraction of sp³-hybridized carbons (Fsp3) is 0.533. The minimum absolute atomic E-state index is 0.169. The molecule has 3 aromatic rings. The molecule has 194 valence electrons. The molecule has 4 atom stereocenters. The van der Waals surface area contributed by atoms with Crippen LogP contribution in [0.3, 0.4) is 0 Å². The molecule has 6 nitrogen and oxygen atoms in total. The van der Waals surface area contributed by atoms with Gasteiger partial charge in [-0.1, -0.05) is 24.3 Å². The van der Waals surface area contributed by atoms with E-state index in [9.17, 15) is 4.39 Å². The molecular formula is C30H36FN5O. The molecule has 4 aliphatic rings. The molecule has 0 amide bonds. The number of nitrogens with zero attached hydrogens (tertiary/aromatic N) is 4. The van der Waals surface area contributed by atoms with E-state index in [0.717, 1.165) is 55.5 Å². The van der Waals surface area contributed by atoms with E-state index < -0.39 is 0 Å². The highest BCUT2D eigenvalue weighted by Crippen LogP contribution is 2.40. The van der Waals surface area contributed by atoms with E-state index in [1.807, 2.05) is 24.3 Å². The molecule has 2 bridgehead atoms. The van der Waals surface area contributed by atoms with Gasteiger partial charge in [-0.05, 0) is 81.6 Å². The largest absolute Gasteiger partial charge is 0.462 e. The number of nitrogens with one attached hydrogen (secondary N) is 1. The minimum atomic E-state index is -0.169. The number of halogens is 1. The van der Waals surface area contributed by atoms with E-state index in [-0.39, 0.29) is 5.82 Å². The Hall–Kier alpha value is -2.77. The van der Waals surface area contributed by atoms with E-state index in [4.69, 9.17) is 14.7 Å². The third-order valence-corrected chi connectivity index (χ3v) is 9.19. The Bertz CT molecular complexity index is 1300. The average Bonchev–Trinajstić information content (AvgIpc) is 3.49. The second-order valence-corrected chi connectivity index (χ2v) is 11.5. The van der Waals surface area contributed by atoms with Crippen LogP contribution in [0.25, 0.3) is 10.8 Å². The molecule has 0 unspecified atom stereocenters. The first-order valence-corrected chi connectivity index (χ1v) is 14.0. The quantitative estimate of drug-likeness (QED) is 0.542. The van der Waals surface area contributed by atoms with Gasteiger partial charge in [0.15, 0.2) is 0 Å². The van der Waals surface area contributed by atoms with Gasteiger partial charge in [0.2, 0.25) is 0 Å². The van der Waals surface area contributed by atoms with E-state index in [1.165, 1.54) is 30.5 Å². The van der Waals surface area contributed by atoms with Crippen molar-refractivity contribution in [2.75, 3.05) is 31.6 Å². The lowest BCUT2D eigenvalue weighted by Crippen LogP contribution is -2.39. The fourth-order valence-electron chi connectivity index (χ4n) is 7.22. The molecule has 0 saturated carbocycles. The third kappa shape index (κ3) is 4.36. The Kier molecular flexibility index (Phi) is 6.01. The van der Waals surface area contributed by atoms with Crippen LogP contribution in [0.15, 0.2) is 36.4 Å². The van der Waals surface area contributed by atoms with Gasteiger partial charge < -0.3 is 19.9 Å². The highest BCUT2D eigenvalue weighted by molar-refractivity contribution is 5.94. The van der Waals surface area contributed by atoms with Gasteiger partial charge >= 0.3 is 6.01 Å². The van der Waals surface area contributed by atoms with Crippen LogP contribution in [-0.2, 0) is 13.0 Å². The molecule has 2 aromatic carbocycles. The molecule has 0 radical (unpaired) electrons. The molecule has 7 heteroatoms. The van der Waals surface area contributed by atoms with Crippen LogP contribution >= 0.6 is 0 Å². The Morgan fingerprint density at radius 2 is 1.84 bits per heavy atom. The summed E-state index contributed by atoms with van der Waals surface area (Å²) in [6, 6.07) is 13.5. The lowest BCUT2D eigenvalue weighted by atomic mass is 9.85. The molecule has 3 fully saturated rings. The van der Waals surface area contributed by atoms with Crippen molar-refractivity contribution < 1.29 is 9.13 Å². The van der Waals surface area contributed by atoms with Gasteiger partial charge in [-0.2, -0.15) is 9.97 Å². The van der Waals surface area contributed by atoms with E-state index in [2.05, 4.69) is 22.2 Å². The topological polar surface area (TPSA) is 53.5 Å². The summed E-state index contributed by atoms with van der Waals surface area (Å²) in [5.74, 6) is 0.283. The van der Waals surface area contributed by atoms with Gasteiger partial charge in [0.05, 0.1) is 17.9 Å². The summed E-state index contributed by atoms with van der Waals surface area (Å²) in [4.78, 5) is 14.7. The molecule has 1 N–H and O–H groups in total. The van der Waals surface area contributed by atoms with Crippen molar-refractivity contribution >= 4 is 16.5 Å². The summed E-state index contributed by atoms with van der Waals surface area (Å²) in [7, 11) is 2.17. The predicted molar refractivity (Wildman–Crippen MR) is 144 cm³/mol. The zero-order valence-corrected chi connectivity index (χ0v) is 21.6. The summed E-state index contributed by atoms with van der Waals surface area (Å²) in [6.07, 6.45) is 8.08. The molecule has 5 heterocycles. The predicted octanol–water partition coefficient (Wildman–Crippen LogP) is 4.80. The monoisotopic (exact) mass is 501 g/mol. The number of ether oxygens (including phenoxy) is 1. The number of hydrogen-bond donors (Lipinski definition) is 1. The lowest BCUT2D eigenvalue weighted by molar-refractivity contribution is 0.186. The molecular weight excluding hydrogens is 465 g/mol. The standard InChI is InChI=1S/C30H36FN5O/c1-35-13-4-7-23(35)18-37-30-33-26-17-36(27-9-3-6-19-5-2-8-25(31)28(19)27)14-12-24(26)29(34-30)20-15-21-10-11-22(16-20)32-21/h2-3,5-6,8-9,20-23,32H,4,7,10-18H2,1H3/t20-,21-,22+,23-/m0/s1. The van der Waals surface area contributed by atoms with Crippen LogP contribution in [0.5, 0.6) is 6.01 Å². The van der Waals surface area contributed by atoms with Crippen LogP contribution in [0.2, 0.25) is 0 Å². The van der Waals surface area contributed by atoms with Crippen molar-refractivity contribution in [3.63, 3.8) is 0 Å². The van der Waals surface area contributed by atoms with Gasteiger partial charge in [-0.3, -0.25) is 0 Å². The Balaban J connectivity index is 1.23. The first-order valence-electron chi connectivity index (χ1n) is 14.0. The summed E-state index contributed by atoms with van der Waals surface area (Å²) in [6.45, 7) is 3.24. The molecule has 1 aromatic heterocycles. The average molecular weight is 502 g/mol. The molecule has 0 aliphatic carbocycles. The first kappa shape index (κ1) is 23.4. The van der Waals surface area contributed by atoms with Gasteiger partial charge in [0, 0.05) is 41.7 Å². The second-order valence-electron chi connectivity index (χ2n) is 11.5. The number of aromatic nitrogens is 2. The Labute approximate surface area is 218 Å². The highest BCUT2D eigenvalue weighted by Gasteiger charge is 2.37. The smallest absolute Gasteiger partial charge is 0.316 e. The summed E-state index contributed by atoms with van der Waals surface area (Å²) in [5, 5.41) is 5.40. The number of hydrogen-bond acceptors (Lipinski definition) is 6. The SMILES string of the molecule is CN1CCC[C@H]1COc1nc2c(c([C@@H]3C[C@H]4CC[C@@H](C3)N4)n1)CCN(c1cccc3cccc(F)c13)C2. The molecule has 3 saturated heterocycles. The lowest BCUT2D eigenvalue weighted by Gasteiger charge is -2.35. The Morgan fingerprint density at radius 1 is 1.03 bits per heavy atom. The van der Waals surface area contributed by atoms with Gasteiger partial charge in [0.1, 0.15) is 12.4 Å². The molecule has 0 spiro atoms. The molecule has 37 heavy (non-hydrogen) atoms. The van der Waals surface area contributed by atoms with Crippen molar-refractivity contribution in [3.8, 4) is 6.01 Å². The summed E-state index contributed by atoms with van der Waals surface area (Å²) in [5.41, 5.74) is 4.50. The number of likely N-dealkylation sites (tertiary alicyclic amines) is 1. The maximum atomic E-state index is 14.9. The maximum absolute atomic E-state index is 14.9. The zero-order valence-electron chi connectivity index (χ0n) is 21.6. The number of piperidine rings is 1. The second kappa shape index (κ2) is 9.52. The van der Waals surface area contributed by atoms with Crippen molar-refractivity contribution in [2.24, 2.45) is 0 Å². The van der Waals surface area contributed by atoms with Crippen molar-refractivity contribution in [2.45, 2.75) is 75.5 Å². The number of rotatable bonds is 5. The van der Waals surface area contributed by atoms with E-state index >= 15 is 0 Å². The van der Waals surface area contributed by atoms with Crippen molar-refractivity contribution in [1.82, 2.24) is 20.2 Å². The molecule has 7 rings (SSSR count). The van der Waals surface area contributed by atoms with Crippen LogP contribution in [0, 0.1) is 5.82 Å². The zero-order chi connectivity index (χ0) is 24.9. The van der Waals surface area contributed by atoms with Gasteiger partial charge in [-0.25, -0.2) is 4.39 Å². The van der Waals surface area contributed by atoms with Crippen LogP contribution < -0.4 is 15.0 Å². The Morgan fingerprint density at radius 3 is 2.62 bits per heavy atom. The van der Waals surface area contributed by atoms with Crippen LogP contribution in [0.4, 0.5) is 10.1 Å². The van der Waals surface area contributed by atoms with Crippen LogP contribution in [-0.4, -0.2) is 59.7 Å². The number of benzene rings is 2.